The fraction of sp³-hybridized carbons (Fsp3) is 0.267. The molecule has 0 saturated heterocycles. The zero-order valence-corrected chi connectivity index (χ0v) is 12.9. The van der Waals surface area contributed by atoms with Gasteiger partial charge >= 0.3 is 0 Å². The first kappa shape index (κ1) is 13.9. The molecule has 1 aromatic heterocycles. The summed E-state index contributed by atoms with van der Waals surface area (Å²) in [5, 5.41) is 0. The van der Waals surface area contributed by atoms with Crippen LogP contribution in [-0.4, -0.2) is 4.98 Å². The van der Waals surface area contributed by atoms with Crippen molar-refractivity contribution >= 4 is 21.6 Å². The number of aryl methyl sites for hydroxylation is 1. The Hall–Kier alpha value is -1.55. The molecule has 2 N–H and O–H groups in total. The van der Waals surface area contributed by atoms with Gasteiger partial charge in [0.05, 0.1) is 11.9 Å². The van der Waals surface area contributed by atoms with Crippen molar-refractivity contribution in [3.63, 3.8) is 0 Å². The minimum atomic E-state index is 0.376. The summed E-state index contributed by atoms with van der Waals surface area (Å²) in [7, 11) is 0. The lowest BCUT2D eigenvalue weighted by atomic mass is 10.0. The Labute approximate surface area is 121 Å². The van der Waals surface area contributed by atoms with Crippen LogP contribution >= 0.6 is 15.9 Å². The summed E-state index contributed by atoms with van der Waals surface area (Å²) < 4.78 is 6.97. The van der Waals surface area contributed by atoms with E-state index in [4.69, 9.17) is 10.5 Å². The Kier molecular flexibility index (Phi) is 4.10. The molecule has 2 rings (SSSR count). The molecule has 0 unspecified atom stereocenters. The molecule has 2 aromatic rings. The van der Waals surface area contributed by atoms with Gasteiger partial charge in [-0.05, 0) is 42.7 Å². The van der Waals surface area contributed by atoms with Crippen LogP contribution in [0, 0.1) is 6.92 Å². The van der Waals surface area contributed by atoms with Crippen LogP contribution in [0.4, 0.5) is 5.69 Å². The van der Waals surface area contributed by atoms with Crippen LogP contribution in [0.3, 0.4) is 0 Å². The maximum Gasteiger partial charge on any atom is 0.222 e. The molecule has 19 heavy (non-hydrogen) atoms. The fourth-order valence-electron chi connectivity index (χ4n) is 1.86. The van der Waals surface area contributed by atoms with Gasteiger partial charge in [-0.1, -0.05) is 29.8 Å². The Morgan fingerprint density at radius 2 is 2.00 bits per heavy atom. The molecular weight excluding hydrogens is 304 g/mol. The van der Waals surface area contributed by atoms with Crippen molar-refractivity contribution < 1.29 is 4.74 Å². The van der Waals surface area contributed by atoms with Gasteiger partial charge in [-0.25, -0.2) is 4.98 Å². The van der Waals surface area contributed by atoms with Crippen LogP contribution in [-0.2, 0) is 0 Å². The lowest BCUT2D eigenvalue weighted by Gasteiger charge is -2.15. The average molecular weight is 321 g/mol. The van der Waals surface area contributed by atoms with Crippen molar-refractivity contribution in [2.45, 2.75) is 26.7 Å². The Bertz CT molecular complexity index is 597. The third-order valence-electron chi connectivity index (χ3n) is 2.85. The Morgan fingerprint density at radius 1 is 1.26 bits per heavy atom. The quantitative estimate of drug-likeness (QED) is 0.895. The van der Waals surface area contributed by atoms with Gasteiger partial charge in [0, 0.05) is 10.0 Å². The van der Waals surface area contributed by atoms with E-state index in [0.29, 0.717) is 17.5 Å². The number of nitrogens with two attached hydrogens (primary N) is 1. The van der Waals surface area contributed by atoms with Gasteiger partial charge in [0.25, 0.3) is 0 Å². The largest absolute Gasteiger partial charge is 0.438 e. The second-order valence-electron chi connectivity index (χ2n) is 4.83. The highest BCUT2D eigenvalue weighted by Gasteiger charge is 2.11. The fourth-order valence-corrected chi connectivity index (χ4v) is 2.24. The van der Waals surface area contributed by atoms with Crippen molar-refractivity contribution in [2.75, 3.05) is 5.73 Å². The van der Waals surface area contributed by atoms with Gasteiger partial charge in [0.15, 0.2) is 0 Å². The second-order valence-corrected chi connectivity index (χ2v) is 5.75. The highest BCUT2D eigenvalue weighted by atomic mass is 79.9. The van der Waals surface area contributed by atoms with Crippen molar-refractivity contribution in [3.8, 4) is 11.6 Å². The highest BCUT2D eigenvalue weighted by molar-refractivity contribution is 9.10. The second kappa shape index (κ2) is 5.61. The monoisotopic (exact) mass is 320 g/mol. The van der Waals surface area contributed by atoms with E-state index in [1.807, 2.05) is 25.1 Å². The normalized spacial score (nSPS) is 10.8. The first-order chi connectivity index (χ1) is 8.97. The number of hydrogen-bond acceptors (Lipinski definition) is 3. The van der Waals surface area contributed by atoms with E-state index in [9.17, 15) is 0 Å². The smallest absolute Gasteiger partial charge is 0.222 e. The van der Waals surface area contributed by atoms with Crippen molar-refractivity contribution in [3.05, 3.63) is 46.1 Å². The van der Waals surface area contributed by atoms with Gasteiger partial charge in [-0.3, -0.25) is 0 Å². The summed E-state index contributed by atoms with van der Waals surface area (Å²) in [5.41, 5.74) is 8.41. The molecule has 0 spiro atoms. The zero-order valence-electron chi connectivity index (χ0n) is 11.3. The molecule has 4 heteroatoms. The minimum Gasteiger partial charge on any atom is -0.438 e. The minimum absolute atomic E-state index is 0.376. The molecule has 0 aliphatic carbocycles. The summed E-state index contributed by atoms with van der Waals surface area (Å²) in [4.78, 5) is 4.24. The van der Waals surface area contributed by atoms with Crippen LogP contribution in [0.1, 0.15) is 30.9 Å². The molecule has 0 atom stereocenters. The van der Waals surface area contributed by atoms with E-state index < -0.39 is 0 Å². The van der Waals surface area contributed by atoms with Crippen molar-refractivity contribution in [2.24, 2.45) is 0 Å². The van der Waals surface area contributed by atoms with Crippen LogP contribution in [0.25, 0.3) is 0 Å². The molecule has 0 fully saturated rings. The Balaban J connectivity index is 2.38. The number of nitrogen functional groups attached to an aromatic ring is 1. The number of hydrogen-bond donors (Lipinski definition) is 1. The number of ether oxygens (including phenoxy) is 1. The molecule has 1 aromatic carbocycles. The summed E-state index contributed by atoms with van der Waals surface area (Å²) >= 11 is 3.49. The highest BCUT2D eigenvalue weighted by Crippen LogP contribution is 2.33. The summed E-state index contributed by atoms with van der Waals surface area (Å²) in [5.74, 6) is 1.80. The summed E-state index contributed by atoms with van der Waals surface area (Å²) in [6.45, 7) is 6.21. The molecule has 0 saturated carbocycles. The van der Waals surface area contributed by atoms with Crippen LogP contribution in [0.2, 0.25) is 0 Å². The van der Waals surface area contributed by atoms with E-state index in [0.717, 1.165) is 21.3 Å². The number of halogens is 1. The third kappa shape index (κ3) is 3.26. The summed E-state index contributed by atoms with van der Waals surface area (Å²) in [6.07, 6.45) is 1.61. The number of anilines is 1. The molecular formula is C15H17BrN2O. The zero-order chi connectivity index (χ0) is 14.0. The van der Waals surface area contributed by atoms with E-state index in [1.54, 1.807) is 6.20 Å². The van der Waals surface area contributed by atoms with E-state index in [-0.39, 0.29) is 0 Å². The number of benzene rings is 1. The first-order valence-electron chi connectivity index (χ1n) is 6.17. The van der Waals surface area contributed by atoms with Crippen LogP contribution in [0.5, 0.6) is 11.6 Å². The van der Waals surface area contributed by atoms with Crippen molar-refractivity contribution in [1.29, 1.82) is 0 Å². The maximum absolute atomic E-state index is 5.92. The van der Waals surface area contributed by atoms with Gasteiger partial charge in [-0.15, -0.1) is 0 Å². The molecule has 0 radical (unpaired) electrons. The van der Waals surface area contributed by atoms with E-state index in [1.165, 1.54) is 0 Å². The van der Waals surface area contributed by atoms with E-state index >= 15 is 0 Å². The standard InChI is InChI=1S/C15H17BrN2O/c1-9(2)13-7-11(16)4-5-14(13)19-15-10(3)6-12(17)8-18-15/h4-9H,17H2,1-3H3. The Morgan fingerprint density at radius 3 is 2.63 bits per heavy atom. The predicted molar refractivity (Wildman–Crippen MR) is 81.7 cm³/mol. The SMILES string of the molecule is Cc1cc(N)cnc1Oc1ccc(Br)cc1C(C)C. The molecule has 0 bridgehead atoms. The number of rotatable bonds is 3. The number of pyridine rings is 1. The van der Waals surface area contributed by atoms with Crippen LogP contribution in [0.15, 0.2) is 34.9 Å². The average Bonchev–Trinajstić information content (AvgIpc) is 2.34. The topological polar surface area (TPSA) is 48.1 Å². The summed E-state index contributed by atoms with van der Waals surface area (Å²) in [6, 6.07) is 7.85. The first-order valence-corrected chi connectivity index (χ1v) is 6.96. The molecule has 0 aliphatic heterocycles. The van der Waals surface area contributed by atoms with Gasteiger partial charge in [0.2, 0.25) is 5.88 Å². The molecule has 100 valence electrons. The number of nitrogens with zero attached hydrogens (tertiary/aromatic N) is 1. The van der Waals surface area contributed by atoms with Crippen molar-refractivity contribution in [1.82, 2.24) is 4.98 Å². The van der Waals surface area contributed by atoms with Crippen LogP contribution < -0.4 is 10.5 Å². The predicted octanol–water partition coefficient (Wildman–Crippen LogP) is 4.65. The third-order valence-corrected chi connectivity index (χ3v) is 3.35. The lowest BCUT2D eigenvalue weighted by Crippen LogP contribution is -1.98. The number of aromatic nitrogens is 1. The van der Waals surface area contributed by atoms with Gasteiger partial charge < -0.3 is 10.5 Å². The molecule has 1 heterocycles. The van der Waals surface area contributed by atoms with Gasteiger partial charge in [-0.2, -0.15) is 0 Å². The van der Waals surface area contributed by atoms with E-state index in [2.05, 4.69) is 40.8 Å². The lowest BCUT2D eigenvalue weighted by molar-refractivity contribution is 0.450. The molecule has 3 nitrogen and oxygen atoms in total. The maximum atomic E-state index is 5.92. The molecule has 0 amide bonds. The molecule has 0 aliphatic rings. The van der Waals surface area contributed by atoms with Gasteiger partial charge in [0.1, 0.15) is 5.75 Å².